The standard InChI is InChI=1S/C12H14ClF3O3/c13-10-4-1-3-9(7-17)11(10)19-6-2-5-18-8-12(14,15)16/h1,3-4,17H,2,5-8H2. The molecule has 0 bridgehead atoms. The predicted octanol–water partition coefficient (Wildman–Crippen LogP) is 3.18. The molecule has 0 heterocycles. The number of hydrogen-bond donors (Lipinski definition) is 1. The average molecular weight is 299 g/mol. The van der Waals surface area contributed by atoms with Gasteiger partial charge in [-0.1, -0.05) is 23.7 Å². The summed E-state index contributed by atoms with van der Waals surface area (Å²) >= 11 is 5.89. The minimum atomic E-state index is -4.31. The van der Waals surface area contributed by atoms with Crippen LogP contribution in [0.3, 0.4) is 0 Å². The van der Waals surface area contributed by atoms with Crippen LogP contribution >= 0.6 is 11.6 Å². The van der Waals surface area contributed by atoms with Crippen molar-refractivity contribution in [1.82, 2.24) is 0 Å². The second kappa shape index (κ2) is 7.57. The van der Waals surface area contributed by atoms with E-state index in [4.69, 9.17) is 21.4 Å². The number of halogens is 4. The Hall–Kier alpha value is -0.980. The Morgan fingerprint density at radius 3 is 2.58 bits per heavy atom. The number of aliphatic hydroxyl groups is 1. The molecule has 0 saturated carbocycles. The molecule has 0 fully saturated rings. The second-order valence-electron chi connectivity index (χ2n) is 3.76. The van der Waals surface area contributed by atoms with Crippen molar-refractivity contribution < 1.29 is 27.8 Å². The van der Waals surface area contributed by atoms with Gasteiger partial charge in [0.15, 0.2) is 0 Å². The van der Waals surface area contributed by atoms with Gasteiger partial charge in [-0.3, -0.25) is 0 Å². The molecular formula is C12H14ClF3O3. The Kier molecular flexibility index (Phi) is 6.41. The molecule has 1 rings (SSSR count). The first-order valence-electron chi connectivity index (χ1n) is 5.59. The molecule has 0 aliphatic heterocycles. The van der Waals surface area contributed by atoms with E-state index in [0.717, 1.165) is 0 Å². The molecule has 0 radical (unpaired) electrons. The lowest BCUT2D eigenvalue weighted by Crippen LogP contribution is -2.18. The van der Waals surface area contributed by atoms with Crippen molar-refractivity contribution in [2.45, 2.75) is 19.2 Å². The van der Waals surface area contributed by atoms with E-state index in [1.807, 2.05) is 0 Å². The van der Waals surface area contributed by atoms with Gasteiger partial charge in [0.2, 0.25) is 0 Å². The summed E-state index contributed by atoms with van der Waals surface area (Å²) in [6.07, 6.45) is -4.01. The largest absolute Gasteiger partial charge is 0.492 e. The molecule has 0 spiro atoms. The maximum atomic E-state index is 11.8. The lowest BCUT2D eigenvalue weighted by molar-refractivity contribution is -0.174. The predicted molar refractivity (Wildman–Crippen MR) is 64.4 cm³/mol. The zero-order valence-electron chi connectivity index (χ0n) is 10.0. The summed E-state index contributed by atoms with van der Waals surface area (Å²) in [7, 11) is 0. The van der Waals surface area contributed by atoms with Gasteiger partial charge in [0.05, 0.1) is 24.8 Å². The summed E-state index contributed by atoms with van der Waals surface area (Å²) in [6, 6.07) is 4.94. The Balaban J connectivity index is 2.30. The summed E-state index contributed by atoms with van der Waals surface area (Å²) in [5, 5.41) is 9.43. The maximum Gasteiger partial charge on any atom is 0.411 e. The van der Waals surface area contributed by atoms with Crippen LogP contribution in [0.1, 0.15) is 12.0 Å². The van der Waals surface area contributed by atoms with E-state index in [9.17, 15) is 13.2 Å². The van der Waals surface area contributed by atoms with Gasteiger partial charge in [0.25, 0.3) is 0 Å². The molecule has 0 aliphatic carbocycles. The zero-order valence-corrected chi connectivity index (χ0v) is 10.8. The molecule has 3 nitrogen and oxygen atoms in total. The molecule has 0 aliphatic rings. The highest BCUT2D eigenvalue weighted by atomic mass is 35.5. The third-order valence-electron chi connectivity index (χ3n) is 2.16. The summed E-state index contributed by atoms with van der Waals surface area (Å²) < 4.78 is 45.1. The third kappa shape index (κ3) is 6.13. The first-order valence-corrected chi connectivity index (χ1v) is 5.97. The normalized spacial score (nSPS) is 11.6. The number of ether oxygens (including phenoxy) is 2. The molecule has 1 N–H and O–H groups in total. The SMILES string of the molecule is OCc1cccc(Cl)c1OCCCOCC(F)(F)F. The van der Waals surface area contributed by atoms with Gasteiger partial charge < -0.3 is 14.6 Å². The van der Waals surface area contributed by atoms with Crippen LogP contribution in [0.4, 0.5) is 13.2 Å². The van der Waals surface area contributed by atoms with E-state index in [1.54, 1.807) is 18.2 Å². The van der Waals surface area contributed by atoms with Crippen molar-refractivity contribution in [1.29, 1.82) is 0 Å². The highest BCUT2D eigenvalue weighted by Gasteiger charge is 2.27. The first-order chi connectivity index (χ1) is 8.94. The number of para-hydroxylation sites is 1. The van der Waals surface area contributed by atoms with Gasteiger partial charge >= 0.3 is 6.18 Å². The fraction of sp³-hybridized carbons (Fsp3) is 0.500. The second-order valence-corrected chi connectivity index (χ2v) is 4.16. The summed E-state index contributed by atoms with van der Waals surface area (Å²) in [4.78, 5) is 0. The molecule has 0 amide bonds. The van der Waals surface area contributed by atoms with Crippen LogP contribution in [0.15, 0.2) is 18.2 Å². The minimum absolute atomic E-state index is 0.0571. The topological polar surface area (TPSA) is 38.7 Å². The van der Waals surface area contributed by atoms with Crippen molar-refractivity contribution >= 4 is 11.6 Å². The van der Waals surface area contributed by atoms with Gasteiger partial charge in [-0.15, -0.1) is 0 Å². The van der Waals surface area contributed by atoms with Gasteiger partial charge in [0.1, 0.15) is 12.4 Å². The number of hydrogen-bond acceptors (Lipinski definition) is 3. The molecule has 0 unspecified atom stereocenters. The molecule has 0 saturated heterocycles. The average Bonchev–Trinajstić information content (AvgIpc) is 2.33. The molecule has 0 aromatic heterocycles. The Morgan fingerprint density at radius 1 is 1.21 bits per heavy atom. The lowest BCUT2D eigenvalue weighted by atomic mass is 10.2. The van der Waals surface area contributed by atoms with Crippen LogP contribution in [-0.2, 0) is 11.3 Å². The molecule has 19 heavy (non-hydrogen) atoms. The number of alkyl halides is 3. The highest BCUT2D eigenvalue weighted by molar-refractivity contribution is 6.32. The monoisotopic (exact) mass is 298 g/mol. The van der Waals surface area contributed by atoms with Crippen molar-refractivity contribution in [3.05, 3.63) is 28.8 Å². The zero-order chi connectivity index (χ0) is 14.3. The molecule has 0 atom stereocenters. The first kappa shape index (κ1) is 16.1. The van der Waals surface area contributed by atoms with Crippen LogP contribution in [0, 0.1) is 0 Å². The Labute approximate surface area is 113 Å². The number of aliphatic hydroxyl groups excluding tert-OH is 1. The molecular weight excluding hydrogens is 285 g/mol. The van der Waals surface area contributed by atoms with E-state index in [2.05, 4.69) is 4.74 Å². The van der Waals surface area contributed by atoms with Crippen molar-refractivity contribution in [3.63, 3.8) is 0 Å². The van der Waals surface area contributed by atoms with Gasteiger partial charge in [-0.05, 0) is 6.07 Å². The van der Waals surface area contributed by atoms with E-state index in [-0.39, 0.29) is 19.8 Å². The van der Waals surface area contributed by atoms with E-state index < -0.39 is 12.8 Å². The molecule has 7 heteroatoms. The van der Waals surface area contributed by atoms with Crippen molar-refractivity contribution in [3.8, 4) is 5.75 Å². The van der Waals surface area contributed by atoms with Gasteiger partial charge in [-0.25, -0.2) is 0 Å². The Bertz CT molecular complexity index is 396. The summed E-state index contributed by atoms with van der Waals surface area (Å²) in [6.45, 7) is -1.38. The highest BCUT2D eigenvalue weighted by Crippen LogP contribution is 2.28. The fourth-order valence-electron chi connectivity index (χ4n) is 1.36. The van der Waals surface area contributed by atoms with Gasteiger partial charge in [0, 0.05) is 12.0 Å². The third-order valence-corrected chi connectivity index (χ3v) is 2.46. The van der Waals surface area contributed by atoms with Crippen LogP contribution in [0.5, 0.6) is 5.75 Å². The van der Waals surface area contributed by atoms with Crippen molar-refractivity contribution in [2.24, 2.45) is 0 Å². The molecule has 1 aromatic rings. The maximum absolute atomic E-state index is 11.8. The smallest absolute Gasteiger partial charge is 0.411 e. The minimum Gasteiger partial charge on any atom is -0.492 e. The van der Waals surface area contributed by atoms with Crippen LogP contribution < -0.4 is 4.74 Å². The Morgan fingerprint density at radius 2 is 1.95 bits per heavy atom. The molecule has 108 valence electrons. The van der Waals surface area contributed by atoms with Crippen LogP contribution in [0.2, 0.25) is 5.02 Å². The summed E-state index contributed by atoms with van der Waals surface area (Å²) in [5.41, 5.74) is 0.531. The summed E-state index contributed by atoms with van der Waals surface area (Å²) in [5.74, 6) is 0.350. The van der Waals surface area contributed by atoms with Gasteiger partial charge in [-0.2, -0.15) is 13.2 Å². The van der Waals surface area contributed by atoms with Crippen LogP contribution in [-0.4, -0.2) is 31.1 Å². The number of benzene rings is 1. The fourth-order valence-corrected chi connectivity index (χ4v) is 1.61. The van der Waals surface area contributed by atoms with E-state index in [1.165, 1.54) is 0 Å². The van der Waals surface area contributed by atoms with Crippen LogP contribution in [0.25, 0.3) is 0 Å². The van der Waals surface area contributed by atoms with Crippen molar-refractivity contribution in [2.75, 3.05) is 19.8 Å². The quantitative estimate of drug-likeness (QED) is 0.786. The van der Waals surface area contributed by atoms with E-state index in [0.29, 0.717) is 22.8 Å². The molecule has 1 aromatic carbocycles. The van der Waals surface area contributed by atoms with E-state index >= 15 is 0 Å². The lowest BCUT2D eigenvalue weighted by Gasteiger charge is -2.12. The number of rotatable bonds is 7.